The molecule has 1 aromatic carbocycles. The molecule has 6 heteroatoms. The second-order valence-corrected chi connectivity index (χ2v) is 7.39. The third-order valence-corrected chi connectivity index (χ3v) is 5.01. The van der Waals surface area contributed by atoms with Crippen LogP contribution in [-0.2, 0) is 9.84 Å². The van der Waals surface area contributed by atoms with Crippen LogP contribution in [0.1, 0.15) is 25.5 Å². The summed E-state index contributed by atoms with van der Waals surface area (Å²) < 4.78 is 22.7. The first-order chi connectivity index (χ1) is 8.35. The van der Waals surface area contributed by atoms with Crippen molar-refractivity contribution in [1.29, 1.82) is 0 Å². The van der Waals surface area contributed by atoms with Crippen molar-refractivity contribution < 1.29 is 8.42 Å². The third kappa shape index (κ3) is 4.76. The summed E-state index contributed by atoms with van der Waals surface area (Å²) in [6, 6.07) is 5.21. The summed E-state index contributed by atoms with van der Waals surface area (Å²) in [5.41, 5.74) is 0.873. The maximum atomic E-state index is 11.4. The lowest BCUT2D eigenvalue weighted by molar-refractivity contribution is 0.573. The molecule has 1 N–H and O–H groups in total. The number of nitrogens with one attached hydrogen (secondary N) is 1. The van der Waals surface area contributed by atoms with Crippen LogP contribution in [0.5, 0.6) is 0 Å². The second-order valence-electron chi connectivity index (χ2n) is 4.08. The first kappa shape index (κ1) is 15.8. The van der Waals surface area contributed by atoms with Gasteiger partial charge in [0.25, 0.3) is 0 Å². The van der Waals surface area contributed by atoms with E-state index in [9.17, 15) is 8.42 Å². The molecule has 0 spiro atoms. The summed E-state index contributed by atoms with van der Waals surface area (Å²) in [5, 5.41) is 4.37. The van der Waals surface area contributed by atoms with Crippen molar-refractivity contribution in [3.05, 3.63) is 33.8 Å². The SMILES string of the molecule is CCS(=O)(=O)CCNC(C)c1cc(Cl)ccc1Cl. The van der Waals surface area contributed by atoms with Crippen molar-refractivity contribution >= 4 is 33.0 Å². The highest BCUT2D eigenvalue weighted by Crippen LogP contribution is 2.25. The number of hydrogen-bond donors (Lipinski definition) is 1. The summed E-state index contributed by atoms with van der Waals surface area (Å²) in [7, 11) is -2.94. The van der Waals surface area contributed by atoms with Gasteiger partial charge in [0, 0.05) is 28.4 Å². The van der Waals surface area contributed by atoms with Crippen molar-refractivity contribution in [2.24, 2.45) is 0 Å². The van der Waals surface area contributed by atoms with Gasteiger partial charge < -0.3 is 5.32 Å². The Kier molecular flexibility index (Phi) is 5.92. The highest BCUT2D eigenvalue weighted by Gasteiger charge is 2.12. The van der Waals surface area contributed by atoms with E-state index < -0.39 is 9.84 Å². The van der Waals surface area contributed by atoms with E-state index in [0.29, 0.717) is 16.6 Å². The molecule has 0 heterocycles. The fraction of sp³-hybridized carbons (Fsp3) is 0.500. The Labute approximate surface area is 118 Å². The normalized spacial score (nSPS) is 13.6. The van der Waals surface area contributed by atoms with Crippen molar-refractivity contribution in [2.75, 3.05) is 18.1 Å². The Bertz CT molecular complexity index is 503. The third-order valence-electron chi connectivity index (χ3n) is 2.73. The molecule has 1 atom stereocenters. The summed E-state index contributed by atoms with van der Waals surface area (Å²) in [5.74, 6) is 0.299. The topological polar surface area (TPSA) is 46.2 Å². The number of hydrogen-bond acceptors (Lipinski definition) is 3. The molecule has 0 aliphatic heterocycles. The first-order valence-corrected chi connectivity index (χ1v) is 8.32. The Morgan fingerprint density at radius 3 is 2.61 bits per heavy atom. The van der Waals surface area contributed by atoms with Crippen LogP contribution in [0.4, 0.5) is 0 Å². The van der Waals surface area contributed by atoms with E-state index in [-0.39, 0.29) is 17.5 Å². The van der Waals surface area contributed by atoms with Gasteiger partial charge in [0.1, 0.15) is 0 Å². The van der Waals surface area contributed by atoms with Gasteiger partial charge in [0.15, 0.2) is 9.84 Å². The molecule has 1 unspecified atom stereocenters. The van der Waals surface area contributed by atoms with Gasteiger partial charge in [-0.15, -0.1) is 0 Å². The largest absolute Gasteiger partial charge is 0.309 e. The molecule has 0 bridgehead atoms. The summed E-state index contributed by atoms with van der Waals surface area (Å²) >= 11 is 12.0. The molecule has 18 heavy (non-hydrogen) atoms. The summed E-state index contributed by atoms with van der Waals surface area (Å²) in [6.45, 7) is 3.98. The molecule has 0 saturated carbocycles. The van der Waals surface area contributed by atoms with Crippen LogP contribution in [0.2, 0.25) is 10.0 Å². The molecule has 3 nitrogen and oxygen atoms in total. The quantitative estimate of drug-likeness (QED) is 0.878. The van der Waals surface area contributed by atoms with Gasteiger partial charge in [-0.3, -0.25) is 0 Å². The zero-order valence-electron chi connectivity index (χ0n) is 10.4. The number of benzene rings is 1. The van der Waals surface area contributed by atoms with Crippen molar-refractivity contribution in [2.45, 2.75) is 19.9 Å². The van der Waals surface area contributed by atoms with E-state index in [1.807, 2.05) is 6.92 Å². The van der Waals surface area contributed by atoms with Gasteiger partial charge in [0.2, 0.25) is 0 Å². The Hall–Kier alpha value is -0.290. The number of halogens is 2. The lowest BCUT2D eigenvalue weighted by atomic mass is 10.1. The van der Waals surface area contributed by atoms with Gasteiger partial charge in [-0.2, -0.15) is 0 Å². The second kappa shape index (κ2) is 6.75. The Morgan fingerprint density at radius 2 is 2.00 bits per heavy atom. The fourth-order valence-corrected chi connectivity index (χ4v) is 2.71. The minimum Gasteiger partial charge on any atom is -0.309 e. The standard InChI is InChI=1S/C12H17Cl2NO2S/c1-3-18(16,17)7-6-15-9(2)11-8-10(13)4-5-12(11)14/h4-5,8-9,15H,3,6-7H2,1-2H3. The van der Waals surface area contributed by atoms with E-state index in [4.69, 9.17) is 23.2 Å². The average molecular weight is 310 g/mol. The van der Waals surface area contributed by atoms with E-state index in [1.54, 1.807) is 25.1 Å². The highest BCUT2D eigenvalue weighted by molar-refractivity contribution is 7.91. The lowest BCUT2D eigenvalue weighted by Gasteiger charge is -2.16. The van der Waals surface area contributed by atoms with Crippen molar-refractivity contribution in [1.82, 2.24) is 5.32 Å². The molecular weight excluding hydrogens is 293 g/mol. The Morgan fingerprint density at radius 1 is 1.33 bits per heavy atom. The van der Waals surface area contributed by atoms with E-state index in [0.717, 1.165) is 5.56 Å². The maximum absolute atomic E-state index is 11.4. The molecule has 102 valence electrons. The van der Waals surface area contributed by atoms with Crippen LogP contribution in [0.25, 0.3) is 0 Å². The molecule has 1 rings (SSSR count). The number of sulfone groups is 1. The van der Waals surface area contributed by atoms with Crippen LogP contribution in [0.3, 0.4) is 0 Å². The predicted molar refractivity (Wildman–Crippen MR) is 77.2 cm³/mol. The van der Waals surface area contributed by atoms with Gasteiger partial charge in [-0.05, 0) is 30.7 Å². The highest BCUT2D eigenvalue weighted by atomic mass is 35.5. The van der Waals surface area contributed by atoms with E-state index >= 15 is 0 Å². The summed E-state index contributed by atoms with van der Waals surface area (Å²) in [6.07, 6.45) is 0. The minimum atomic E-state index is -2.94. The smallest absolute Gasteiger partial charge is 0.151 e. The van der Waals surface area contributed by atoms with Crippen molar-refractivity contribution in [3.8, 4) is 0 Å². The molecule has 0 amide bonds. The van der Waals surface area contributed by atoms with Crippen LogP contribution >= 0.6 is 23.2 Å². The van der Waals surface area contributed by atoms with E-state index in [1.165, 1.54) is 0 Å². The van der Waals surface area contributed by atoms with Gasteiger partial charge in [-0.1, -0.05) is 30.1 Å². The van der Waals surface area contributed by atoms with E-state index in [2.05, 4.69) is 5.32 Å². The van der Waals surface area contributed by atoms with Gasteiger partial charge in [-0.25, -0.2) is 8.42 Å². The van der Waals surface area contributed by atoms with Crippen LogP contribution < -0.4 is 5.32 Å². The maximum Gasteiger partial charge on any atom is 0.151 e. The van der Waals surface area contributed by atoms with Crippen molar-refractivity contribution in [3.63, 3.8) is 0 Å². The lowest BCUT2D eigenvalue weighted by Crippen LogP contribution is -2.26. The molecule has 0 aliphatic carbocycles. The molecular formula is C12H17Cl2NO2S. The monoisotopic (exact) mass is 309 g/mol. The molecule has 0 radical (unpaired) electrons. The molecule has 0 aromatic heterocycles. The molecule has 0 saturated heterocycles. The fourth-order valence-electron chi connectivity index (χ4n) is 1.53. The zero-order chi connectivity index (χ0) is 13.8. The number of rotatable bonds is 6. The average Bonchev–Trinajstić information content (AvgIpc) is 2.32. The zero-order valence-corrected chi connectivity index (χ0v) is 12.7. The Balaban J connectivity index is 2.61. The predicted octanol–water partition coefficient (Wildman–Crippen LogP) is 3.08. The van der Waals surface area contributed by atoms with Crippen LogP contribution in [0.15, 0.2) is 18.2 Å². The molecule has 0 aliphatic rings. The molecule has 1 aromatic rings. The van der Waals surface area contributed by atoms with Crippen LogP contribution in [-0.4, -0.2) is 26.5 Å². The summed E-state index contributed by atoms with van der Waals surface area (Å²) in [4.78, 5) is 0. The van der Waals surface area contributed by atoms with Gasteiger partial charge in [0.05, 0.1) is 5.75 Å². The van der Waals surface area contributed by atoms with Crippen LogP contribution in [0, 0.1) is 0 Å². The minimum absolute atomic E-state index is 0.0387. The van der Waals surface area contributed by atoms with Gasteiger partial charge >= 0.3 is 0 Å². The molecule has 0 fully saturated rings. The first-order valence-electron chi connectivity index (χ1n) is 5.74.